The van der Waals surface area contributed by atoms with Gasteiger partial charge in [-0.1, -0.05) is 50.3 Å². The number of hydrogen-bond donors (Lipinski definition) is 2. The number of benzene rings is 1. The Balaban J connectivity index is 0.00000264. The van der Waals surface area contributed by atoms with E-state index in [-0.39, 0.29) is 24.0 Å². The van der Waals surface area contributed by atoms with Crippen LogP contribution in [0.5, 0.6) is 0 Å². The number of halogens is 1. The quantitative estimate of drug-likeness (QED) is 0.409. The molecule has 1 fully saturated rings. The summed E-state index contributed by atoms with van der Waals surface area (Å²) in [5.74, 6) is 1.19. The van der Waals surface area contributed by atoms with Crippen LogP contribution in [0, 0.1) is 5.92 Å². The maximum atomic E-state index is 6.06. The fourth-order valence-corrected chi connectivity index (χ4v) is 3.05. The van der Waals surface area contributed by atoms with Gasteiger partial charge in [0.2, 0.25) is 0 Å². The molecule has 23 heavy (non-hydrogen) atoms. The van der Waals surface area contributed by atoms with Crippen molar-refractivity contribution in [2.75, 3.05) is 19.0 Å². The average molecular weight is 431 g/mol. The molecule has 4 nitrogen and oxygen atoms in total. The number of anilines is 1. The molecule has 2 rings (SSSR count). The molecule has 130 valence electrons. The van der Waals surface area contributed by atoms with Crippen LogP contribution in [0.1, 0.15) is 50.5 Å². The minimum Gasteiger partial charge on any atom is -0.380 e. The minimum atomic E-state index is 0. The molecule has 5 heteroatoms. The highest BCUT2D eigenvalue weighted by atomic mass is 127. The van der Waals surface area contributed by atoms with Gasteiger partial charge in [-0.05, 0) is 24.8 Å². The van der Waals surface area contributed by atoms with Crippen LogP contribution in [0.15, 0.2) is 29.3 Å². The van der Waals surface area contributed by atoms with E-state index in [0.717, 1.165) is 17.8 Å². The summed E-state index contributed by atoms with van der Waals surface area (Å²) < 4.78 is 5.21. The molecule has 1 aromatic carbocycles. The van der Waals surface area contributed by atoms with Crippen LogP contribution >= 0.6 is 24.0 Å². The Morgan fingerprint density at radius 3 is 2.52 bits per heavy atom. The first-order chi connectivity index (χ1) is 10.8. The number of guanidine groups is 1. The topological polar surface area (TPSA) is 59.6 Å². The molecule has 1 aromatic rings. The van der Waals surface area contributed by atoms with Crippen molar-refractivity contribution in [1.82, 2.24) is 0 Å². The normalized spacial score (nSPS) is 17.0. The molecule has 0 bridgehead atoms. The molecule has 0 saturated heterocycles. The highest BCUT2D eigenvalue weighted by molar-refractivity contribution is 14.0. The summed E-state index contributed by atoms with van der Waals surface area (Å²) in [6.45, 7) is 1.41. The molecule has 0 atom stereocenters. The highest BCUT2D eigenvalue weighted by Crippen LogP contribution is 2.22. The van der Waals surface area contributed by atoms with Crippen molar-refractivity contribution in [1.29, 1.82) is 0 Å². The molecule has 1 aliphatic carbocycles. The van der Waals surface area contributed by atoms with Gasteiger partial charge in [-0.25, -0.2) is 0 Å². The molecular weight excluding hydrogens is 401 g/mol. The maximum absolute atomic E-state index is 6.06. The van der Waals surface area contributed by atoms with Gasteiger partial charge in [-0.15, -0.1) is 24.0 Å². The largest absolute Gasteiger partial charge is 0.380 e. The first-order valence-corrected chi connectivity index (χ1v) is 8.43. The molecule has 3 N–H and O–H groups in total. The van der Waals surface area contributed by atoms with Crippen LogP contribution in [0.25, 0.3) is 0 Å². The zero-order chi connectivity index (χ0) is 15.6. The van der Waals surface area contributed by atoms with E-state index >= 15 is 0 Å². The number of rotatable bonds is 5. The summed E-state index contributed by atoms with van der Waals surface area (Å²) in [5, 5.41) is 3.21. The number of hydrogen-bond acceptors (Lipinski definition) is 2. The van der Waals surface area contributed by atoms with Crippen LogP contribution in [-0.2, 0) is 11.3 Å². The molecule has 0 aromatic heterocycles. The van der Waals surface area contributed by atoms with Crippen LogP contribution in [0.4, 0.5) is 5.69 Å². The van der Waals surface area contributed by atoms with Crippen molar-refractivity contribution in [3.05, 3.63) is 29.8 Å². The van der Waals surface area contributed by atoms with E-state index in [9.17, 15) is 0 Å². The Kier molecular flexibility index (Phi) is 10.3. The number of nitrogens with two attached hydrogens (primary N) is 1. The first-order valence-electron chi connectivity index (χ1n) is 8.43. The lowest BCUT2D eigenvalue weighted by atomic mass is 9.91. The van der Waals surface area contributed by atoms with Gasteiger partial charge >= 0.3 is 0 Å². The molecule has 0 unspecified atom stereocenters. The van der Waals surface area contributed by atoms with Gasteiger partial charge in [0.1, 0.15) is 0 Å². The minimum absolute atomic E-state index is 0. The lowest BCUT2D eigenvalue weighted by Crippen LogP contribution is -2.24. The molecule has 0 amide bonds. The second-order valence-electron chi connectivity index (χ2n) is 6.15. The maximum Gasteiger partial charge on any atom is 0.193 e. The van der Waals surface area contributed by atoms with E-state index in [1.54, 1.807) is 7.11 Å². The number of nitrogens with zero attached hydrogens (tertiary/aromatic N) is 1. The number of aliphatic imine (C=N–C) groups is 1. The van der Waals surface area contributed by atoms with Gasteiger partial charge in [-0.2, -0.15) is 0 Å². The fourth-order valence-electron chi connectivity index (χ4n) is 3.05. The Morgan fingerprint density at radius 1 is 1.17 bits per heavy atom. The van der Waals surface area contributed by atoms with Crippen LogP contribution in [-0.4, -0.2) is 19.6 Å². The summed E-state index contributed by atoms with van der Waals surface area (Å²) in [4.78, 5) is 4.56. The summed E-state index contributed by atoms with van der Waals surface area (Å²) in [7, 11) is 1.70. The van der Waals surface area contributed by atoms with Crippen molar-refractivity contribution >= 4 is 35.6 Å². The van der Waals surface area contributed by atoms with Crippen molar-refractivity contribution < 1.29 is 4.74 Å². The second-order valence-corrected chi connectivity index (χ2v) is 6.15. The van der Waals surface area contributed by atoms with Crippen LogP contribution in [0.3, 0.4) is 0 Å². The molecule has 0 heterocycles. The van der Waals surface area contributed by atoms with Crippen LogP contribution < -0.4 is 11.1 Å². The van der Waals surface area contributed by atoms with Gasteiger partial charge in [0.25, 0.3) is 0 Å². The van der Waals surface area contributed by atoms with Crippen molar-refractivity contribution in [2.24, 2.45) is 16.6 Å². The smallest absolute Gasteiger partial charge is 0.193 e. The van der Waals surface area contributed by atoms with Crippen molar-refractivity contribution in [3.63, 3.8) is 0 Å². The zero-order valence-electron chi connectivity index (χ0n) is 14.1. The SMILES string of the molecule is COCc1ccccc1NC(N)=NCC1CCCCCCC1.I. The molecule has 1 saturated carbocycles. The fraction of sp³-hybridized carbons (Fsp3) is 0.611. The van der Waals surface area contributed by atoms with Gasteiger partial charge < -0.3 is 15.8 Å². The number of methoxy groups -OCH3 is 1. The van der Waals surface area contributed by atoms with E-state index in [2.05, 4.69) is 10.3 Å². The van der Waals surface area contributed by atoms with E-state index in [0.29, 0.717) is 18.5 Å². The summed E-state index contributed by atoms with van der Waals surface area (Å²) in [6.07, 6.45) is 9.40. The molecule has 0 aliphatic heterocycles. The lowest BCUT2D eigenvalue weighted by Gasteiger charge is -2.18. The van der Waals surface area contributed by atoms with Gasteiger partial charge in [-0.3, -0.25) is 4.99 Å². The monoisotopic (exact) mass is 431 g/mol. The first kappa shape index (κ1) is 20.2. The Hall–Kier alpha value is -0.820. The van der Waals surface area contributed by atoms with Crippen LogP contribution in [0.2, 0.25) is 0 Å². The number of ether oxygens (including phenoxy) is 1. The van der Waals surface area contributed by atoms with Gasteiger partial charge in [0.15, 0.2) is 5.96 Å². The third-order valence-electron chi connectivity index (χ3n) is 4.32. The predicted octanol–water partition coefficient (Wildman–Crippen LogP) is 4.54. The van der Waals surface area contributed by atoms with Gasteiger partial charge in [0.05, 0.1) is 6.61 Å². The molecule has 0 radical (unpaired) electrons. The van der Waals surface area contributed by atoms with E-state index in [1.165, 1.54) is 44.9 Å². The molecular formula is C18H30IN3O. The Bertz CT molecular complexity index is 471. The average Bonchev–Trinajstić information content (AvgIpc) is 2.48. The number of para-hydroxylation sites is 1. The van der Waals surface area contributed by atoms with E-state index < -0.39 is 0 Å². The third-order valence-corrected chi connectivity index (χ3v) is 4.32. The highest BCUT2D eigenvalue weighted by Gasteiger charge is 2.11. The summed E-state index contributed by atoms with van der Waals surface area (Å²) in [5.41, 5.74) is 8.12. The summed E-state index contributed by atoms with van der Waals surface area (Å²) >= 11 is 0. The van der Waals surface area contributed by atoms with Crippen molar-refractivity contribution in [2.45, 2.75) is 51.6 Å². The van der Waals surface area contributed by atoms with E-state index in [4.69, 9.17) is 10.5 Å². The standard InChI is InChI=1S/C18H29N3O.HI/c1-22-14-16-11-7-8-12-17(16)21-18(19)20-13-15-9-5-3-2-4-6-10-15;/h7-8,11-12,15H,2-6,9-10,13-14H2,1H3,(H3,19,20,21);1H. The zero-order valence-corrected chi connectivity index (χ0v) is 16.4. The molecule has 1 aliphatic rings. The van der Waals surface area contributed by atoms with Crippen molar-refractivity contribution in [3.8, 4) is 0 Å². The van der Waals surface area contributed by atoms with E-state index in [1.807, 2.05) is 24.3 Å². The molecule has 0 spiro atoms. The third kappa shape index (κ3) is 7.52. The van der Waals surface area contributed by atoms with Gasteiger partial charge in [0, 0.05) is 24.9 Å². The summed E-state index contributed by atoms with van der Waals surface area (Å²) in [6, 6.07) is 8.03. The number of nitrogens with one attached hydrogen (secondary N) is 1. The Labute approximate surface area is 157 Å². The lowest BCUT2D eigenvalue weighted by molar-refractivity contribution is 0.185. The Morgan fingerprint density at radius 2 is 1.83 bits per heavy atom. The predicted molar refractivity (Wildman–Crippen MR) is 108 cm³/mol. The second kappa shape index (κ2) is 11.7.